The Labute approximate surface area is 260 Å². The molecule has 2 fully saturated rings. The summed E-state index contributed by atoms with van der Waals surface area (Å²) in [5, 5.41) is 6.31. The second kappa shape index (κ2) is 11.0. The second-order valence-corrected chi connectivity index (χ2v) is 13.4. The zero-order valence-electron chi connectivity index (χ0n) is 25.4. The lowest BCUT2D eigenvalue weighted by atomic mass is 9.99. The number of amides is 2. The van der Waals surface area contributed by atoms with Gasteiger partial charge >= 0.3 is 0 Å². The lowest BCUT2D eigenvalue weighted by molar-refractivity contribution is -0.139. The first-order chi connectivity index (χ1) is 21.2. The van der Waals surface area contributed by atoms with Gasteiger partial charge in [0.2, 0.25) is 5.91 Å². The van der Waals surface area contributed by atoms with E-state index in [1.807, 2.05) is 63.5 Å². The maximum absolute atomic E-state index is 13.3. The third-order valence-electron chi connectivity index (χ3n) is 9.52. The zero-order valence-corrected chi connectivity index (χ0v) is 26.2. The first-order valence-electron chi connectivity index (χ1n) is 15.1. The summed E-state index contributed by atoms with van der Waals surface area (Å²) in [5.74, 6) is 1.44. The number of likely N-dealkylation sites (N-methyl/N-ethyl adjacent to an activating group) is 2. The van der Waals surface area contributed by atoms with Crippen molar-refractivity contribution in [3.63, 3.8) is 0 Å². The van der Waals surface area contributed by atoms with E-state index in [9.17, 15) is 14.4 Å². The highest BCUT2D eigenvalue weighted by atomic mass is 32.1. The topological polar surface area (TPSA) is 99.6 Å². The van der Waals surface area contributed by atoms with E-state index in [4.69, 9.17) is 4.98 Å². The Morgan fingerprint density at radius 1 is 1.00 bits per heavy atom. The van der Waals surface area contributed by atoms with Gasteiger partial charge in [0.15, 0.2) is 5.82 Å². The van der Waals surface area contributed by atoms with Crippen molar-refractivity contribution in [2.24, 2.45) is 7.05 Å². The molecule has 1 aliphatic heterocycles. The van der Waals surface area contributed by atoms with Crippen LogP contribution in [-0.4, -0.2) is 58.4 Å². The molecule has 7 rings (SSSR count). The highest BCUT2D eigenvalue weighted by Crippen LogP contribution is 2.56. The molecule has 44 heavy (non-hydrogen) atoms. The van der Waals surface area contributed by atoms with Gasteiger partial charge in [-0.15, -0.1) is 11.3 Å². The van der Waals surface area contributed by atoms with E-state index in [2.05, 4.69) is 21.6 Å². The minimum atomic E-state index is -0.330. The molecular formula is C34H36N6O3S. The molecule has 10 heteroatoms. The third kappa shape index (κ3) is 4.92. The largest absolute Gasteiger partial charge is 0.343 e. The average Bonchev–Trinajstić information content (AvgIpc) is 3.74. The Balaban J connectivity index is 1.12. The Kier molecular flexibility index (Phi) is 7.13. The number of hydrogen-bond donors (Lipinski definition) is 2. The van der Waals surface area contributed by atoms with Crippen LogP contribution in [0.15, 0.2) is 59.5 Å². The molecule has 2 aromatic carbocycles. The summed E-state index contributed by atoms with van der Waals surface area (Å²) >= 11 is 1.64. The van der Waals surface area contributed by atoms with Crippen LogP contribution in [0.3, 0.4) is 0 Å². The Hall–Kier alpha value is -4.28. The van der Waals surface area contributed by atoms with Gasteiger partial charge in [0.1, 0.15) is 6.04 Å². The number of fused-ring (bicyclic) bond motifs is 5. The predicted octanol–water partition coefficient (Wildman–Crippen LogP) is 5.62. The molecule has 3 heterocycles. The van der Waals surface area contributed by atoms with Crippen molar-refractivity contribution in [2.45, 2.75) is 44.1 Å². The number of aryl methyl sites for hydroxylation is 1. The Bertz CT molecular complexity index is 1820. The lowest BCUT2D eigenvalue weighted by Gasteiger charge is -2.37. The van der Waals surface area contributed by atoms with Gasteiger partial charge in [-0.05, 0) is 86.0 Å². The van der Waals surface area contributed by atoms with E-state index in [0.29, 0.717) is 29.8 Å². The van der Waals surface area contributed by atoms with Gasteiger partial charge in [0, 0.05) is 55.2 Å². The van der Waals surface area contributed by atoms with Crippen LogP contribution in [-0.2, 0) is 11.8 Å². The van der Waals surface area contributed by atoms with Crippen LogP contribution in [0.2, 0.25) is 0 Å². The number of carbonyl (C=O) groups excluding carboxylic acids is 2. The number of benzene rings is 2. The summed E-state index contributed by atoms with van der Waals surface area (Å²) in [5.41, 5.74) is 5.75. The summed E-state index contributed by atoms with van der Waals surface area (Å²) < 4.78 is 1.51. The van der Waals surface area contributed by atoms with Gasteiger partial charge in [-0.2, -0.15) is 0 Å². The number of aromatic nitrogens is 2. The predicted molar refractivity (Wildman–Crippen MR) is 174 cm³/mol. The number of hydrogen-bond acceptors (Lipinski definition) is 7. The number of nitrogens with zero attached hydrogens (tertiary/aromatic N) is 4. The molecule has 226 valence electrons. The average molecular weight is 609 g/mol. The summed E-state index contributed by atoms with van der Waals surface area (Å²) in [7, 11) is 5.49. The van der Waals surface area contributed by atoms with Gasteiger partial charge in [-0.1, -0.05) is 24.3 Å². The fourth-order valence-electron chi connectivity index (χ4n) is 6.95. The Morgan fingerprint density at radius 2 is 1.77 bits per heavy atom. The van der Waals surface area contributed by atoms with Crippen molar-refractivity contribution in [1.29, 1.82) is 0 Å². The summed E-state index contributed by atoms with van der Waals surface area (Å²) in [6.45, 7) is 3.47. The van der Waals surface area contributed by atoms with Crippen molar-refractivity contribution in [1.82, 2.24) is 19.4 Å². The number of nitrogens with one attached hydrogen (secondary N) is 2. The van der Waals surface area contributed by atoms with Crippen LogP contribution in [0, 0.1) is 6.92 Å². The highest BCUT2D eigenvalue weighted by Gasteiger charge is 2.39. The number of carbonyl (C=O) groups is 2. The van der Waals surface area contributed by atoms with Gasteiger partial charge in [0.05, 0.1) is 10.6 Å². The van der Waals surface area contributed by atoms with Crippen molar-refractivity contribution < 1.29 is 9.59 Å². The molecule has 0 unspecified atom stereocenters. The van der Waals surface area contributed by atoms with Gasteiger partial charge in [-0.25, -0.2) is 4.98 Å². The Morgan fingerprint density at radius 3 is 2.55 bits per heavy atom. The second-order valence-electron chi connectivity index (χ2n) is 12.4. The van der Waals surface area contributed by atoms with Crippen molar-refractivity contribution in [2.75, 3.05) is 37.8 Å². The molecule has 9 nitrogen and oxygen atoms in total. The molecule has 3 aliphatic rings. The zero-order chi connectivity index (χ0) is 30.7. The molecular weight excluding hydrogens is 572 g/mol. The van der Waals surface area contributed by atoms with Crippen LogP contribution in [0.5, 0.6) is 0 Å². The van der Waals surface area contributed by atoms with Gasteiger partial charge < -0.3 is 20.1 Å². The molecule has 2 N–H and O–H groups in total. The van der Waals surface area contributed by atoms with E-state index in [1.165, 1.54) is 34.3 Å². The summed E-state index contributed by atoms with van der Waals surface area (Å²) in [6.07, 6.45) is 5.44. The lowest BCUT2D eigenvalue weighted by Crippen LogP contribution is -2.48. The number of thiophene rings is 1. The van der Waals surface area contributed by atoms with E-state index in [1.54, 1.807) is 29.5 Å². The van der Waals surface area contributed by atoms with Crippen LogP contribution in [0.4, 0.5) is 17.2 Å². The molecule has 2 aliphatic carbocycles. The van der Waals surface area contributed by atoms with Gasteiger partial charge in [-0.3, -0.25) is 19.3 Å². The van der Waals surface area contributed by atoms with Gasteiger partial charge in [0.25, 0.3) is 11.5 Å². The first kappa shape index (κ1) is 28.5. The van der Waals surface area contributed by atoms with Crippen LogP contribution in [0.1, 0.15) is 68.4 Å². The summed E-state index contributed by atoms with van der Waals surface area (Å²) in [6, 6.07) is 15.1. The minimum Gasteiger partial charge on any atom is -0.343 e. The first-order valence-corrected chi connectivity index (χ1v) is 15.9. The monoisotopic (exact) mass is 608 g/mol. The molecule has 4 aromatic rings. The number of piperazine rings is 1. The van der Waals surface area contributed by atoms with Crippen LogP contribution < -0.4 is 16.2 Å². The van der Waals surface area contributed by atoms with E-state index >= 15 is 0 Å². The molecule has 1 saturated heterocycles. The highest BCUT2D eigenvalue weighted by molar-refractivity contribution is 7.14. The number of rotatable bonds is 6. The smallest absolute Gasteiger partial charge is 0.293 e. The van der Waals surface area contributed by atoms with E-state index in [0.717, 1.165) is 33.8 Å². The molecule has 3 atom stereocenters. The maximum atomic E-state index is 13.3. The van der Waals surface area contributed by atoms with Crippen molar-refractivity contribution >= 4 is 40.3 Å². The molecule has 2 bridgehead atoms. The molecule has 1 saturated carbocycles. The molecule has 2 amide bonds. The molecule has 0 radical (unpaired) electrons. The fourth-order valence-corrected chi connectivity index (χ4v) is 8.24. The van der Waals surface area contributed by atoms with Crippen LogP contribution in [0.25, 0.3) is 11.3 Å². The SMILES string of the molecule is Cc1c(NC(=O)c2cc3c(s2)[C@H]2CC[C@@H]3C2)cccc1-c1cn(C)c(=O)c(Nc2ccc([C@H]3C(=O)N(C)CCN3C)cc2)n1. The fraction of sp³-hybridized carbons (Fsp3) is 0.353. The standard InChI is InChI=1S/C34H36N6O3S/c1-19-24(6-5-7-26(19)37-32(41)28-17-25-21-8-9-22(16-21)30(25)44-28)27-18-40(4)34(43)31(36-27)35-23-12-10-20(11-13-23)29-33(42)39(3)15-14-38(29)2/h5-7,10-13,17-18,21-22,29H,8-9,14-16H2,1-4H3,(H,35,36)(H,37,41)/t21-,22+,29+/m1/s1. The molecule has 2 aromatic heterocycles. The quantitative estimate of drug-likeness (QED) is 0.295. The minimum absolute atomic E-state index is 0.0717. The number of anilines is 3. The van der Waals surface area contributed by atoms with E-state index < -0.39 is 0 Å². The maximum Gasteiger partial charge on any atom is 0.293 e. The van der Waals surface area contributed by atoms with Crippen molar-refractivity contribution in [3.8, 4) is 11.3 Å². The van der Waals surface area contributed by atoms with E-state index in [-0.39, 0.29) is 29.2 Å². The third-order valence-corrected chi connectivity index (χ3v) is 10.8. The van der Waals surface area contributed by atoms with Crippen molar-refractivity contribution in [3.05, 3.63) is 91.5 Å². The summed E-state index contributed by atoms with van der Waals surface area (Å²) in [4.78, 5) is 49.9. The van der Waals surface area contributed by atoms with Crippen LogP contribution >= 0.6 is 11.3 Å². The molecule has 0 spiro atoms. The normalized spacial score (nSPS) is 21.0.